The van der Waals surface area contributed by atoms with E-state index in [9.17, 15) is 0 Å². The third-order valence-electron chi connectivity index (χ3n) is 6.32. The fourth-order valence-corrected chi connectivity index (χ4v) is 5.03. The number of unbranched alkanes of at least 4 members (excludes halogenated alkanes) is 6. The summed E-state index contributed by atoms with van der Waals surface area (Å²) < 4.78 is 0. The van der Waals surface area contributed by atoms with Crippen molar-refractivity contribution in [2.75, 3.05) is 0 Å². The summed E-state index contributed by atoms with van der Waals surface area (Å²) >= 11 is 0. The first-order valence-electron chi connectivity index (χ1n) is 10.6. The highest BCUT2D eigenvalue weighted by Gasteiger charge is 2.41. The topological polar surface area (TPSA) is 12.0 Å². The molecule has 1 aliphatic carbocycles. The van der Waals surface area contributed by atoms with Crippen LogP contribution in [-0.4, -0.2) is 11.6 Å². The van der Waals surface area contributed by atoms with Gasteiger partial charge in [-0.1, -0.05) is 70.9 Å². The summed E-state index contributed by atoms with van der Waals surface area (Å²) in [5, 5.41) is 4.04. The predicted octanol–water partition coefficient (Wildman–Crippen LogP) is 6.63. The minimum atomic E-state index is 0.343. The minimum absolute atomic E-state index is 0.343. The van der Waals surface area contributed by atoms with Gasteiger partial charge in [0.1, 0.15) is 0 Å². The molecule has 1 nitrogen and oxygen atoms in total. The van der Waals surface area contributed by atoms with Crippen molar-refractivity contribution in [2.24, 2.45) is 11.8 Å². The Hall–Kier alpha value is -0.300. The van der Waals surface area contributed by atoms with E-state index in [-0.39, 0.29) is 0 Å². The summed E-state index contributed by atoms with van der Waals surface area (Å²) in [5.41, 5.74) is 0.343. The summed E-state index contributed by atoms with van der Waals surface area (Å²) in [6, 6.07) is 0.796. The average molecular weight is 320 g/mol. The molecule has 0 bridgehead atoms. The molecule has 1 saturated carbocycles. The molecular weight excluding hydrogens is 278 g/mol. The lowest BCUT2D eigenvalue weighted by Gasteiger charge is -2.49. The summed E-state index contributed by atoms with van der Waals surface area (Å²) in [5.74, 6) is 1.85. The zero-order valence-corrected chi connectivity index (χ0v) is 16.1. The number of hydrogen-bond donors (Lipinski definition) is 1. The molecule has 4 atom stereocenters. The van der Waals surface area contributed by atoms with Gasteiger partial charge in [0, 0.05) is 11.6 Å². The van der Waals surface area contributed by atoms with Gasteiger partial charge in [0.15, 0.2) is 0 Å². The molecule has 0 spiro atoms. The Bertz CT molecular complexity index is 348. The van der Waals surface area contributed by atoms with Crippen LogP contribution in [0.15, 0.2) is 12.2 Å². The molecule has 0 radical (unpaired) electrons. The molecule has 0 aromatic heterocycles. The van der Waals surface area contributed by atoms with E-state index in [2.05, 4.69) is 38.2 Å². The second-order valence-electron chi connectivity index (χ2n) is 8.67. The molecule has 134 valence electrons. The maximum absolute atomic E-state index is 4.04. The van der Waals surface area contributed by atoms with Crippen LogP contribution in [0.3, 0.4) is 0 Å². The molecule has 1 heteroatoms. The third-order valence-corrected chi connectivity index (χ3v) is 6.32. The van der Waals surface area contributed by atoms with Crippen molar-refractivity contribution in [1.29, 1.82) is 0 Å². The van der Waals surface area contributed by atoms with Crippen LogP contribution in [0, 0.1) is 11.8 Å². The largest absolute Gasteiger partial charge is 0.308 e. The molecule has 1 heterocycles. The lowest BCUT2D eigenvalue weighted by atomic mass is 9.68. The maximum Gasteiger partial charge on any atom is 0.0193 e. The van der Waals surface area contributed by atoms with Crippen LogP contribution in [0.25, 0.3) is 0 Å². The molecule has 1 aliphatic heterocycles. The molecular formula is C22H41N. The van der Waals surface area contributed by atoms with E-state index < -0.39 is 0 Å². The van der Waals surface area contributed by atoms with Crippen molar-refractivity contribution in [2.45, 2.75) is 116 Å². The highest BCUT2D eigenvalue weighted by atomic mass is 15.0. The van der Waals surface area contributed by atoms with E-state index in [4.69, 9.17) is 0 Å². The summed E-state index contributed by atoms with van der Waals surface area (Å²) in [4.78, 5) is 0. The predicted molar refractivity (Wildman–Crippen MR) is 103 cm³/mol. The number of allylic oxidation sites excluding steroid dienone is 1. The van der Waals surface area contributed by atoms with Crippen molar-refractivity contribution < 1.29 is 0 Å². The zero-order valence-electron chi connectivity index (χ0n) is 16.1. The van der Waals surface area contributed by atoms with Gasteiger partial charge in [-0.05, 0) is 57.3 Å². The number of nitrogens with one attached hydrogen (secondary N) is 1. The molecule has 1 saturated heterocycles. The summed E-state index contributed by atoms with van der Waals surface area (Å²) in [6.45, 7) is 7.25. The molecule has 0 aromatic rings. The van der Waals surface area contributed by atoms with E-state index in [0.717, 1.165) is 17.9 Å². The molecule has 0 amide bonds. The van der Waals surface area contributed by atoms with Crippen LogP contribution in [0.2, 0.25) is 0 Å². The van der Waals surface area contributed by atoms with Gasteiger partial charge in [0.2, 0.25) is 0 Å². The Kier molecular flexibility index (Phi) is 8.16. The smallest absolute Gasteiger partial charge is 0.0193 e. The number of piperidine rings is 1. The fourth-order valence-electron chi connectivity index (χ4n) is 5.03. The van der Waals surface area contributed by atoms with Gasteiger partial charge in [-0.25, -0.2) is 0 Å². The fraction of sp³-hybridized carbons (Fsp3) is 0.909. The van der Waals surface area contributed by atoms with Gasteiger partial charge in [0.25, 0.3) is 0 Å². The number of rotatable bonds is 9. The van der Waals surface area contributed by atoms with Crippen LogP contribution in [0.1, 0.15) is 104 Å². The molecule has 1 N–H and O–H groups in total. The number of hydrogen-bond acceptors (Lipinski definition) is 1. The van der Waals surface area contributed by atoms with Crippen molar-refractivity contribution in [3.05, 3.63) is 12.2 Å². The highest BCUT2D eigenvalue weighted by Crippen LogP contribution is 2.40. The summed E-state index contributed by atoms with van der Waals surface area (Å²) in [7, 11) is 0. The Morgan fingerprint density at radius 3 is 2.57 bits per heavy atom. The van der Waals surface area contributed by atoms with Gasteiger partial charge >= 0.3 is 0 Å². The van der Waals surface area contributed by atoms with Crippen molar-refractivity contribution in [1.82, 2.24) is 5.32 Å². The number of fused-ring (bicyclic) bond motifs is 1. The van der Waals surface area contributed by atoms with Crippen molar-refractivity contribution in [3.8, 4) is 0 Å². The standard InChI is InChI=1S/C22H41N/c1-4-5-6-7-8-9-10-11-14-17-22(3)18-19(2)20-15-12-13-16-21(20)23-22/h11,14,19-21,23H,4-10,12-13,15-18H2,1-3H3/b14-11+. The van der Waals surface area contributed by atoms with Crippen molar-refractivity contribution in [3.63, 3.8) is 0 Å². The zero-order chi connectivity index (χ0) is 16.5. The third kappa shape index (κ3) is 6.25. The SMILES string of the molecule is CCCCCCCC/C=C/CC1(C)CC(C)C2CCCCC2N1. The molecule has 0 aromatic carbocycles. The maximum atomic E-state index is 4.04. The van der Waals surface area contributed by atoms with Crippen LogP contribution < -0.4 is 5.32 Å². The van der Waals surface area contributed by atoms with E-state index in [0.29, 0.717) is 5.54 Å². The van der Waals surface area contributed by atoms with Crippen LogP contribution >= 0.6 is 0 Å². The van der Waals surface area contributed by atoms with Crippen LogP contribution in [-0.2, 0) is 0 Å². The quantitative estimate of drug-likeness (QED) is 0.371. The Morgan fingerprint density at radius 2 is 1.74 bits per heavy atom. The first-order valence-corrected chi connectivity index (χ1v) is 10.6. The average Bonchev–Trinajstić information content (AvgIpc) is 2.53. The second kappa shape index (κ2) is 9.87. The normalized spacial score (nSPS) is 34.7. The summed E-state index contributed by atoms with van der Waals surface area (Å²) in [6.07, 6.45) is 23.0. The second-order valence-corrected chi connectivity index (χ2v) is 8.67. The highest BCUT2D eigenvalue weighted by molar-refractivity contribution is 5.03. The van der Waals surface area contributed by atoms with Crippen LogP contribution in [0.5, 0.6) is 0 Å². The van der Waals surface area contributed by atoms with Crippen LogP contribution in [0.4, 0.5) is 0 Å². The Balaban J connectivity index is 1.65. The van der Waals surface area contributed by atoms with Gasteiger partial charge in [0.05, 0.1) is 0 Å². The van der Waals surface area contributed by atoms with E-state index in [1.807, 2.05) is 0 Å². The monoisotopic (exact) mass is 319 g/mol. The van der Waals surface area contributed by atoms with Gasteiger partial charge in [-0.15, -0.1) is 0 Å². The van der Waals surface area contributed by atoms with E-state index in [1.165, 1.54) is 83.5 Å². The lowest BCUT2D eigenvalue weighted by molar-refractivity contribution is 0.0759. The van der Waals surface area contributed by atoms with Crippen molar-refractivity contribution >= 4 is 0 Å². The Labute approximate surface area is 145 Å². The van der Waals surface area contributed by atoms with E-state index in [1.54, 1.807) is 0 Å². The van der Waals surface area contributed by atoms with Gasteiger partial charge < -0.3 is 5.32 Å². The van der Waals surface area contributed by atoms with E-state index >= 15 is 0 Å². The molecule has 23 heavy (non-hydrogen) atoms. The molecule has 2 rings (SSSR count). The first kappa shape index (κ1) is 19.0. The first-order chi connectivity index (χ1) is 11.1. The molecule has 2 fully saturated rings. The lowest BCUT2D eigenvalue weighted by Crippen LogP contribution is -2.58. The van der Waals surface area contributed by atoms with Gasteiger partial charge in [-0.2, -0.15) is 0 Å². The Morgan fingerprint density at radius 1 is 1.00 bits per heavy atom. The van der Waals surface area contributed by atoms with Gasteiger partial charge in [-0.3, -0.25) is 0 Å². The molecule has 4 unspecified atom stereocenters. The minimum Gasteiger partial charge on any atom is -0.308 e. The molecule has 2 aliphatic rings.